The van der Waals surface area contributed by atoms with Crippen molar-refractivity contribution in [2.45, 2.75) is 38.5 Å². The average Bonchev–Trinajstić information content (AvgIpc) is 3.58. The Bertz CT molecular complexity index is 1390. The highest BCUT2D eigenvalue weighted by Crippen LogP contribution is 2.21. The summed E-state index contributed by atoms with van der Waals surface area (Å²) < 4.78 is 10.5. The van der Waals surface area contributed by atoms with Crippen LogP contribution in [-0.2, 0) is 32.3 Å². The zero-order valence-electron chi connectivity index (χ0n) is 24.0. The fourth-order valence-corrected chi connectivity index (χ4v) is 5.16. The van der Waals surface area contributed by atoms with Gasteiger partial charge in [0.15, 0.2) is 16.6 Å². The number of amides is 2. The first-order valence-corrected chi connectivity index (χ1v) is 14.8. The maximum absolute atomic E-state index is 12.2. The first-order chi connectivity index (χ1) is 20.8. The summed E-state index contributed by atoms with van der Waals surface area (Å²) in [5.74, 6) is -0.638. The Morgan fingerprint density at radius 3 is 1.84 bits per heavy atom. The topological polar surface area (TPSA) is 149 Å². The van der Waals surface area contributed by atoms with E-state index in [1.165, 1.54) is 21.1 Å². The maximum atomic E-state index is 12.2. The number of rotatable bonds is 7. The normalized spacial score (nSPS) is 17.9. The molecule has 2 saturated heterocycles. The van der Waals surface area contributed by atoms with Crippen LogP contribution in [0.15, 0.2) is 72.2 Å². The predicted molar refractivity (Wildman–Crippen MR) is 165 cm³/mol. The van der Waals surface area contributed by atoms with Gasteiger partial charge in [0.1, 0.15) is 19.0 Å². The first kappa shape index (κ1) is 34.4. The highest BCUT2D eigenvalue weighted by atomic mass is 35.5. The number of Topliss-reactive ketones (excluding diaryl/α,β-unsaturated/α-hetero) is 3. The number of hydrogen-bond donors (Lipinski definition) is 1. The smallest absolute Gasteiger partial charge is 0.410 e. The van der Waals surface area contributed by atoms with E-state index in [0.29, 0.717) is 24.5 Å². The molecule has 234 valence electrons. The van der Waals surface area contributed by atoms with Crippen molar-refractivity contribution in [3.63, 3.8) is 0 Å². The van der Waals surface area contributed by atoms with Gasteiger partial charge < -0.3 is 25.0 Å². The molecular formula is C31H35ClN4O7S. The van der Waals surface area contributed by atoms with Crippen LogP contribution in [0.1, 0.15) is 40.2 Å². The van der Waals surface area contributed by atoms with Crippen molar-refractivity contribution in [1.82, 2.24) is 14.8 Å². The summed E-state index contributed by atoms with van der Waals surface area (Å²) in [6.07, 6.45) is 1.32. The van der Waals surface area contributed by atoms with Crippen molar-refractivity contribution in [2.75, 3.05) is 26.2 Å². The second-order valence-electron chi connectivity index (χ2n) is 10.2. The summed E-state index contributed by atoms with van der Waals surface area (Å²) in [5.41, 5.74) is 7.45. The van der Waals surface area contributed by atoms with E-state index in [-0.39, 0.29) is 68.9 Å². The molecule has 11 nitrogen and oxygen atoms in total. The van der Waals surface area contributed by atoms with Crippen molar-refractivity contribution >= 4 is 53.3 Å². The molecular weight excluding hydrogens is 608 g/mol. The lowest BCUT2D eigenvalue weighted by molar-refractivity contribution is -0.125. The van der Waals surface area contributed by atoms with Crippen LogP contribution in [0.2, 0.25) is 0 Å². The van der Waals surface area contributed by atoms with Crippen LogP contribution in [0.5, 0.6) is 0 Å². The lowest BCUT2D eigenvalue weighted by Gasteiger charge is -2.30. The molecule has 2 atom stereocenters. The molecule has 2 N–H and O–H groups in total. The quantitative estimate of drug-likeness (QED) is 0.372. The van der Waals surface area contributed by atoms with Gasteiger partial charge >= 0.3 is 12.2 Å². The summed E-state index contributed by atoms with van der Waals surface area (Å²) in [6, 6.07) is 18.3. The number of nitrogens with two attached hydrogens (primary N) is 1. The minimum absolute atomic E-state index is 0. The van der Waals surface area contributed by atoms with E-state index in [2.05, 4.69) is 4.98 Å². The van der Waals surface area contributed by atoms with Crippen LogP contribution in [0.4, 0.5) is 9.59 Å². The molecule has 44 heavy (non-hydrogen) atoms. The Labute approximate surface area is 265 Å². The monoisotopic (exact) mass is 642 g/mol. The Hall–Kier alpha value is -4.13. The molecule has 5 rings (SSSR count). The fourth-order valence-electron chi connectivity index (χ4n) is 4.57. The Morgan fingerprint density at radius 2 is 1.34 bits per heavy atom. The number of carbonyl (C=O) groups excluding carboxylic acids is 5. The third-order valence-corrected chi connectivity index (χ3v) is 7.83. The Morgan fingerprint density at radius 1 is 0.818 bits per heavy atom. The number of aromatic nitrogens is 1. The fraction of sp³-hybridized carbons (Fsp3) is 0.355. The zero-order valence-corrected chi connectivity index (χ0v) is 25.7. The van der Waals surface area contributed by atoms with Crippen LogP contribution < -0.4 is 5.73 Å². The second-order valence-corrected chi connectivity index (χ2v) is 11.1. The molecule has 2 unspecified atom stereocenters. The molecule has 3 heterocycles. The Kier molecular flexibility index (Phi) is 13.5. The van der Waals surface area contributed by atoms with Crippen molar-refractivity contribution in [3.8, 4) is 0 Å². The van der Waals surface area contributed by atoms with Gasteiger partial charge in [-0.2, -0.15) is 0 Å². The first-order valence-electron chi connectivity index (χ1n) is 13.9. The molecule has 2 aliphatic heterocycles. The number of hydrogen-bond acceptors (Lipinski definition) is 10. The molecule has 3 aromatic rings. The molecule has 0 spiro atoms. The average molecular weight is 643 g/mol. The van der Waals surface area contributed by atoms with Gasteiger partial charge in [-0.25, -0.2) is 14.6 Å². The van der Waals surface area contributed by atoms with E-state index in [9.17, 15) is 24.0 Å². The van der Waals surface area contributed by atoms with E-state index < -0.39 is 24.1 Å². The van der Waals surface area contributed by atoms with Gasteiger partial charge in [0.05, 0.1) is 6.04 Å². The summed E-state index contributed by atoms with van der Waals surface area (Å²) >= 11 is 1.26. The number of nitrogens with zero attached hydrogens (tertiary/aromatic N) is 3. The molecule has 0 radical (unpaired) electrons. The predicted octanol–water partition coefficient (Wildman–Crippen LogP) is 4.29. The minimum Gasteiger partial charge on any atom is -0.445 e. The third-order valence-electron chi connectivity index (χ3n) is 7.01. The summed E-state index contributed by atoms with van der Waals surface area (Å²) in [6.45, 7) is 1.59. The van der Waals surface area contributed by atoms with Crippen LogP contribution in [0.3, 0.4) is 0 Å². The number of ketones is 3. The van der Waals surface area contributed by atoms with E-state index >= 15 is 0 Å². The molecule has 13 heteroatoms. The Balaban J connectivity index is 0.000000247. The number of halogens is 1. The minimum atomic E-state index is -0.581. The lowest BCUT2D eigenvalue weighted by atomic mass is 9.92. The largest absolute Gasteiger partial charge is 0.445 e. The molecule has 2 amide bonds. The lowest BCUT2D eigenvalue weighted by Crippen LogP contribution is -2.51. The van der Waals surface area contributed by atoms with Gasteiger partial charge in [-0.15, -0.1) is 23.7 Å². The number of thiazole rings is 1. The van der Waals surface area contributed by atoms with Gasteiger partial charge in [-0.05, 0) is 11.1 Å². The van der Waals surface area contributed by atoms with Crippen molar-refractivity contribution in [3.05, 3.63) is 88.4 Å². The van der Waals surface area contributed by atoms with Gasteiger partial charge in [-0.1, -0.05) is 60.7 Å². The van der Waals surface area contributed by atoms with Crippen LogP contribution in [-0.4, -0.2) is 76.5 Å². The van der Waals surface area contributed by atoms with E-state index in [1.807, 2.05) is 60.7 Å². The van der Waals surface area contributed by atoms with Crippen LogP contribution in [0.25, 0.3) is 0 Å². The van der Waals surface area contributed by atoms with E-state index in [0.717, 1.165) is 11.1 Å². The molecule has 1 aromatic heterocycles. The van der Waals surface area contributed by atoms with Crippen LogP contribution in [0, 0.1) is 5.92 Å². The van der Waals surface area contributed by atoms with E-state index in [1.54, 1.807) is 11.6 Å². The molecule has 2 fully saturated rings. The number of piperidine rings is 2. The highest BCUT2D eigenvalue weighted by Gasteiger charge is 2.33. The van der Waals surface area contributed by atoms with Crippen molar-refractivity contribution < 1.29 is 33.4 Å². The highest BCUT2D eigenvalue weighted by molar-refractivity contribution is 7.11. The third kappa shape index (κ3) is 10.2. The second kappa shape index (κ2) is 17.2. The number of benzene rings is 2. The molecule has 2 aliphatic rings. The van der Waals surface area contributed by atoms with Crippen molar-refractivity contribution in [1.29, 1.82) is 0 Å². The molecule has 0 aliphatic carbocycles. The standard InChI is InChI=1S/C18H18N2O4S.C13H16N2O3.ClH/c21-15-6-8-20(18(23)24-12-13-4-2-1-3-5-13)11-14(15)10-16(22)17-19-7-9-25-17;14-11-8-15(7-6-12(11)16)13(17)18-9-10-4-2-1-3-5-10;/h1-5,7,9,14H,6,8,10-12H2;1-5,11H,6-9,14H2;1H. The van der Waals surface area contributed by atoms with Gasteiger partial charge in [0.25, 0.3) is 0 Å². The van der Waals surface area contributed by atoms with Gasteiger partial charge in [-0.3, -0.25) is 14.4 Å². The summed E-state index contributed by atoms with van der Waals surface area (Å²) in [4.78, 5) is 66.5. The summed E-state index contributed by atoms with van der Waals surface area (Å²) in [5, 5.41) is 2.12. The SMILES string of the molecule is Cl.NC1CN(C(=O)OCc2ccccc2)CCC1=O.O=C(CC1CN(C(=O)OCc2ccccc2)CCC1=O)c1nccs1. The van der Waals surface area contributed by atoms with Gasteiger partial charge in [0, 0.05) is 62.9 Å². The molecule has 0 bridgehead atoms. The van der Waals surface area contributed by atoms with Crippen molar-refractivity contribution in [2.24, 2.45) is 11.7 Å². The van der Waals surface area contributed by atoms with E-state index in [4.69, 9.17) is 15.2 Å². The molecule has 0 saturated carbocycles. The maximum Gasteiger partial charge on any atom is 0.410 e. The van der Waals surface area contributed by atoms with Gasteiger partial charge in [0.2, 0.25) is 0 Å². The zero-order chi connectivity index (χ0) is 30.6. The van der Waals surface area contributed by atoms with Crippen LogP contribution >= 0.6 is 23.7 Å². The number of likely N-dealkylation sites (tertiary alicyclic amines) is 2. The molecule has 2 aromatic carbocycles. The number of carbonyl (C=O) groups is 5. The summed E-state index contributed by atoms with van der Waals surface area (Å²) in [7, 11) is 0. The number of ether oxygens (including phenoxy) is 2.